The van der Waals surface area contributed by atoms with Crippen molar-refractivity contribution in [2.75, 3.05) is 30.2 Å². The van der Waals surface area contributed by atoms with Crippen LogP contribution in [0.15, 0.2) is 36.7 Å². The summed E-state index contributed by atoms with van der Waals surface area (Å²) in [6.07, 6.45) is 2.50. The molecule has 4 heterocycles. The summed E-state index contributed by atoms with van der Waals surface area (Å²) >= 11 is 0. The van der Waals surface area contributed by atoms with Gasteiger partial charge in [0.15, 0.2) is 11.6 Å². The number of ether oxygens (including phenoxy) is 1. The highest BCUT2D eigenvalue weighted by Crippen LogP contribution is 2.42. The van der Waals surface area contributed by atoms with E-state index < -0.39 is 27.8 Å². The topological polar surface area (TPSA) is 198 Å². The Hall–Kier alpha value is -4.16. The summed E-state index contributed by atoms with van der Waals surface area (Å²) < 4.78 is 5.91. The maximum Gasteiger partial charge on any atom is 0.258 e. The number of pyridine rings is 3. The number of nitriles is 1. The normalized spacial score (nSPS) is 22.4. The number of hydrogen-bond donors (Lipinski definition) is 6. The van der Waals surface area contributed by atoms with Gasteiger partial charge in [-0.25, -0.2) is 9.97 Å². The number of anilines is 4. The van der Waals surface area contributed by atoms with Gasteiger partial charge in [-0.05, 0) is 48.4 Å². The molecule has 210 valence electrons. The van der Waals surface area contributed by atoms with Crippen molar-refractivity contribution in [3.05, 3.63) is 53.5 Å². The summed E-state index contributed by atoms with van der Waals surface area (Å²) in [5.41, 5.74) is -2.04. The Morgan fingerprint density at radius 2 is 1.70 bits per heavy atom. The molecule has 1 saturated heterocycles. The van der Waals surface area contributed by atoms with Crippen molar-refractivity contribution >= 4 is 76.0 Å². The second-order valence-corrected chi connectivity index (χ2v) is 10.0. The number of aromatic nitrogens is 3. The van der Waals surface area contributed by atoms with Crippen LogP contribution in [0.3, 0.4) is 0 Å². The standard InChI is InChI=1S/C24H22B6N10O4/c1-11-6-13(8-31)34-10-15(11)44-17-7-14(18(38-32)19(33-2)37-17)36-16-5-4-12(9-35-16)20(41)40-23(29,42)21(25,26)39(3)22(27,28)24(40,30)43/h4-7,9-10,38,42-43H,32H2,1-3H3,(H2,33,35,36,37). The van der Waals surface area contributed by atoms with Gasteiger partial charge >= 0.3 is 0 Å². The first kappa shape index (κ1) is 32.7. The number of nitrogens with two attached hydrogens (primary N) is 1. The minimum Gasteiger partial charge on any atom is -0.437 e. The maximum atomic E-state index is 13.5. The van der Waals surface area contributed by atoms with Crippen molar-refractivity contribution < 1.29 is 19.7 Å². The van der Waals surface area contributed by atoms with Crippen LogP contribution in [-0.2, 0) is 0 Å². The molecule has 14 nitrogen and oxygen atoms in total. The molecule has 0 bridgehead atoms. The highest BCUT2D eigenvalue weighted by Gasteiger charge is 2.64. The Bertz CT molecular complexity index is 1610. The number of rotatable bonds is 7. The zero-order valence-corrected chi connectivity index (χ0v) is 23.9. The number of aliphatic hydroxyl groups is 2. The number of carbonyl (C=O) groups excluding carboxylic acids is 1. The average Bonchev–Trinajstić information content (AvgIpc) is 2.96. The molecule has 3 aromatic heterocycles. The third-order valence-electron chi connectivity index (χ3n) is 7.22. The lowest BCUT2D eigenvalue weighted by Crippen LogP contribution is -2.91. The molecule has 1 aliphatic rings. The molecule has 3 aromatic rings. The van der Waals surface area contributed by atoms with E-state index in [9.17, 15) is 15.0 Å². The summed E-state index contributed by atoms with van der Waals surface area (Å²) in [5, 5.41) is 32.1. The smallest absolute Gasteiger partial charge is 0.258 e. The molecule has 0 aliphatic carbocycles. The predicted octanol–water partition coefficient (Wildman–Crippen LogP) is -2.09. The summed E-state index contributed by atoms with van der Waals surface area (Å²) in [4.78, 5) is 27.1. The lowest BCUT2D eigenvalue weighted by molar-refractivity contribution is -0.211. The van der Waals surface area contributed by atoms with E-state index in [0.717, 1.165) is 18.1 Å². The van der Waals surface area contributed by atoms with Crippen LogP contribution in [0.1, 0.15) is 21.6 Å². The van der Waals surface area contributed by atoms with E-state index in [0.29, 0.717) is 28.5 Å². The molecule has 12 radical (unpaired) electrons. The van der Waals surface area contributed by atoms with Gasteiger partial charge in [-0.1, -0.05) is 0 Å². The molecule has 1 amide bonds. The van der Waals surface area contributed by atoms with E-state index in [1.165, 1.54) is 24.4 Å². The van der Waals surface area contributed by atoms with Crippen LogP contribution in [0.4, 0.5) is 23.0 Å². The third-order valence-corrected chi connectivity index (χ3v) is 7.22. The number of piperazine rings is 1. The SMILES string of the molecule is [B]C1([B])N(C)C([B])([B])C([B])(O)N(C(=O)c2ccc(Nc3cc(Oc4cnc(C#N)cc4C)nc(NC)c3NN)nc2)C1([B])O. The second kappa shape index (κ2) is 11.4. The van der Waals surface area contributed by atoms with E-state index in [-0.39, 0.29) is 27.9 Å². The molecule has 0 spiro atoms. The lowest BCUT2D eigenvalue weighted by atomic mass is 9.38. The first-order valence-corrected chi connectivity index (χ1v) is 12.7. The molecule has 0 aromatic carbocycles. The number of carbonyl (C=O) groups is 1. The van der Waals surface area contributed by atoms with Crippen LogP contribution in [0.25, 0.3) is 0 Å². The first-order valence-electron chi connectivity index (χ1n) is 12.7. The van der Waals surface area contributed by atoms with Crippen molar-refractivity contribution in [3.8, 4) is 17.7 Å². The molecule has 1 fully saturated rings. The summed E-state index contributed by atoms with van der Waals surface area (Å²) in [5.74, 6) is 5.61. The Labute approximate surface area is 261 Å². The van der Waals surface area contributed by atoms with Gasteiger partial charge in [0.05, 0.1) is 60.1 Å². The van der Waals surface area contributed by atoms with Gasteiger partial charge in [-0.2, -0.15) is 10.2 Å². The Kier molecular flexibility index (Phi) is 8.49. The molecular formula is C24H22B6N10O4. The molecule has 0 saturated carbocycles. The van der Waals surface area contributed by atoms with Crippen LogP contribution in [0, 0.1) is 18.3 Å². The number of nitrogen functional groups attached to an aromatic ring is 1. The van der Waals surface area contributed by atoms with Crippen molar-refractivity contribution in [3.63, 3.8) is 0 Å². The minimum absolute atomic E-state index is 0.135. The number of aryl methyl sites for hydroxylation is 1. The molecule has 2 atom stereocenters. The summed E-state index contributed by atoms with van der Waals surface area (Å²) in [6, 6.07) is 7.72. The number of hydrogen-bond acceptors (Lipinski definition) is 13. The van der Waals surface area contributed by atoms with Gasteiger partial charge in [-0.15, -0.1) is 0 Å². The number of nitrogens with zero attached hydrogens (tertiary/aromatic N) is 6. The summed E-state index contributed by atoms with van der Waals surface area (Å²) in [6.45, 7) is 1.75. The molecule has 2 unspecified atom stereocenters. The predicted molar refractivity (Wildman–Crippen MR) is 167 cm³/mol. The fourth-order valence-corrected chi connectivity index (χ4v) is 4.41. The van der Waals surface area contributed by atoms with Gasteiger partial charge in [0.2, 0.25) is 5.88 Å². The molecule has 20 heteroatoms. The first-order chi connectivity index (χ1) is 20.4. The van der Waals surface area contributed by atoms with E-state index in [1.807, 2.05) is 6.07 Å². The van der Waals surface area contributed by atoms with Crippen molar-refractivity contribution in [2.24, 2.45) is 5.84 Å². The van der Waals surface area contributed by atoms with Crippen molar-refractivity contribution in [1.29, 1.82) is 5.26 Å². The highest BCUT2D eigenvalue weighted by atomic mass is 16.5. The maximum absolute atomic E-state index is 13.5. The Morgan fingerprint density at radius 3 is 2.20 bits per heavy atom. The summed E-state index contributed by atoms with van der Waals surface area (Å²) in [7, 11) is 38.5. The molecule has 1 aliphatic heterocycles. The highest BCUT2D eigenvalue weighted by molar-refractivity contribution is 6.50. The van der Waals surface area contributed by atoms with Crippen molar-refractivity contribution in [1.82, 2.24) is 24.8 Å². The van der Waals surface area contributed by atoms with Crippen LogP contribution in [-0.4, -0.2) is 124 Å². The third kappa shape index (κ3) is 5.26. The van der Waals surface area contributed by atoms with Gasteiger partial charge in [0, 0.05) is 19.3 Å². The number of likely N-dealkylation sites (N-methyl/N-ethyl adjacent to an activating group) is 1. The fourth-order valence-electron chi connectivity index (χ4n) is 4.41. The largest absolute Gasteiger partial charge is 0.437 e. The molecule has 44 heavy (non-hydrogen) atoms. The second-order valence-electron chi connectivity index (χ2n) is 10.0. The van der Waals surface area contributed by atoms with Gasteiger partial charge in [0.1, 0.15) is 39.0 Å². The molecule has 7 N–H and O–H groups in total. The van der Waals surface area contributed by atoms with Crippen molar-refractivity contribution in [2.45, 2.75) is 28.8 Å². The number of hydrazine groups is 1. The van der Waals surface area contributed by atoms with Crippen LogP contribution in [0.2, 0.25) is 0 Å². The Balaban J connectivity index is 1.66. The Morgan fingerprint density at radius 1 is 1.07 bits per heavy atom. The zero-order chi connectivity index (χ0) is 32.8. The van der Waals surface area contributed by atoms with Crippen LogP contribution in [0.5, 0.6) is 11.6 Å². The minimum atomic E-state index is -2.97. The lowest BCUT2D eigenvalue weighted by Gasteiger charge is -2.71. The number of amides is 1. The van der Waals surface area contributed by atoms with Gasteiger partial charge in [-0.3, -0.25) is 15.5 Å². The van der Waals surface area contributed by atoms with E-state index in [2.05, 4.69) is 31.0 Å². The average molecular weight is 579 g/mol. The fraction of sp³-hybridized carbons (Fsp3) is 0.292. The van der Waals surface area contributed by atoms with E-state index in [1.54, 1.807) is 20.0 Å². The van der Waals surface area contributed by atoms with Gasteiger partial charge in [0.25, 0.3) is 5.91 Å². The van der Waals surface area contributed by atoms with E-state index >= 15 is 0 Å². The van der Waals surface area contributed by atoms with Crippen LogP contribution < -0.4 is 26.6 Å². The molecule has 4 rings (SSSR count). The quantitative estimate of drug-likeness (QED) is 0.101. The zero-order valence-electron chi connectivity index (χ0n) is 23.9. The van der Waals surface area contributed by atoms with Gasteiger partial charge < -0.3 is 35.9 Å². The van der Waals surface area contributed by atoms with E-state index in [4.69, 9.17) is 62.9 Å². The van der Waals surface area contributed by atoms with Crippen LogP contribution >= 0.6 is 0 Å². The molecular weight excluding hydrogens is 557 g/mol. The monoisotopic (exact) mass is 580 g/mol. The number of nitrogens with one attached hydrogen (secondary N) is 3.